The number of hydrogen-bond acceptors (Lipinski definition) is 4. The standard InChI is InChI=1S/C16H12FNO3/c1-20-16-6-11(2-3-12(16)8-18)10-21-15-5-4-14(17)7-13(15)9-19/h2-7,9H,10H2,1H3. The molecule has 0 aromatic heterocycles. The van der Waals surface area contributed by atoms with E-state index in [1.165, 1.54) is 19.2 Å². The van der Waals surface area contributed by atoms with E-state index >= 15 is 0 Å². The second-order valence-electron chi connectivity index (χ2n) is 4.24. The van der Waals surface area contributed by atoms with Gasteiger partial charge in [-0.05, 0) is 35.9 Å². The van der Waals surface area contributed by atoms with Gasteiger partial charge in [0.1, 0.15) is 30.0 Å². The molecular weight excluding hydrogens is 273 g/mol. The van der Waals surface area contributed by atoms with Gasteiger partial charge in [-0.25, -0.2) is 4.39 Å². The summed E-state index contributed by atoms with van der Waals surface area (Å²) in [5.41, 5.74) is 1.35. The Morgan fingerprint density at radius 3 is 2.71 bits per heavy atom. The van der Waals surface area contributed by atoms with Crippen LogP contribution in [0.5, 0.6) is 11.5 Å². The number of rotatable bonds is 5. The Balaban J connectivity index is 2.17. The fraction of sp³-hybridized carbons (Fsp3) is 0.125. The Morgan fingerprint density at radius 2 is 2.05 bits per heavy atom. The Kier molecular flexibility index (Phi) is 4.52. The minimum atomic E-state index is -0.496. The summed E-state index contributed by atoms with van der Waals surface area (Å²) in [6.07, 6.45) is 0.539. The third-order valence-electron chi connectivity index (χ3n) is 2.88. The first-order valence-corrected chi connectivity index (χ1v) is 6.12. The van der Waals surface area contributed by atoms with Gasteiger partial charge in [0.05, 0.1) is 18.2 Å². The van der Waals surface area contributed by atoms with Gasteiger partial charge in [-0.3, -0.25) is 4.79 Å². The van der Waals surface area contributed by atoms with Gasteiger partial charge in [-0.1, -0.05) is 6.07 Å². The first-order valence-electron chi connectivity index (χ1n) is 6.12. The fourth-order valence-corrected chi connectivity index (χ4v) is 1.82. The Morgan fingerprint density at radius 1 is 1.24 bits per heavy atom. The highest BCUT2D eigenvalue weighted by Gasteiger charge is 2.07. The molecule has 0 saturated carbocycles. The van der Waals surface area contributed by atoms with Gasteiger partial charge >= 0.3 is 0 Å². The summed E-state index contributed by atoms with van der Waals surface area (Å²) in [4.78, 5) is 10.9. The third-order valence-corrected chi connectivity index (χ3v) is 2.88. The summed E-state index contributed by atoms with van der Waals surface area (Å²) in [6, 6.07) is 10.8. The number of carbonyl (C=O) groups is 1. The highest BCUT2D eigenvalue weighted by atomic mass is 19.1. The summed E-state index contributed by atoms with van der Waals surface area (Å²) < 4.78 is 23.6. The van der Waals surface area contributed by atoms with Crippen LogP contribution in [-0.4, -0.2) is 13.4 Å². The molecule has 0 fully saturated rings. The fourth-order valence-electron chi connectivity index (χ4n) is 1.82. The van der Waals surface area contributed by atoms with E-state index in [0.29, 0.717) is 23.3 Å². The van der Waals surface area contributed by atoms with Gasteiger partial charge in [0.25, 0.3) is 0 Å². The van der Waals surface area contributed by atoms with Crippen LogP contribution in [0.4, 0.5) is 4.39 Å². The molecule has 0 aliphatic heterocycles. The monoisotopic (exact) mass is 285 g/mol. The number of nitrogens with zero attached hydrogens (tertiary/aromatic N) is 1. The summed E-state index contributed by atoms with van der Waals surface area (Å²) in [5, 5.41) is 8.91. The summed E-state index contributed by atoms with van der Waals surface area (Å²) in [7, 11) is 1.48. The van der Waals surface area contributed by atoms with E-state index < -0.39 is 5.82 Å². The lowest BCUT2D eigenvalue weighted by Crippen LogP contribution is -2.00. The maximum absolute atomic E-state index is 13.0. The number of halogens is 1. The molecule has 0 amide bonds. The molecule has 0 spiro atoms. The van der Waals surface area contributed by atoms with E-state index in [9.17, 15) is 9.18 Å². The van der Waals surface area contributed by atoms with Gasteiger partial charge < -0.3 is 9.47 Å². The molecule has 5 heteroatoms. The number of ether oxygens (including phenoxy) is 2. The predicted octanol–water partition coefficient (Wildman–Crippen LogP) is 3.10. The maximum atomic E-state index is 13.0. The van der Waals surface area contributed by atoms with E-state index in [1.807, 2.05) is 6.07 Å². The van der Waals surface area contributed by atoms with Crippen LogP contribution in [0.2, 0.25) is 0 Å². The second-order valence-corrected chi connectivity index (χ2v) is 4.24. The van der Waals surface area contributed by atoms with Crippen molar-refractivity contribution in [2.24, 2.45) is 0 Å². The summed E-state index contributed by atoms with van der Waals surface area (Å²) in [6.45, 7) is 0.175. The van der Waals surface area contributed by atoms with Crippen LogP contribution in [0.25, 0.3) is 0 Å². The van der Waals surface area contributed by atoms with Gasteiger partial charge in [0.2, 0.25) is 0 Å². The van der Waals surface area contributed by atoms with E-state index in [0.717, 1.165) is 11.6 Å². The molecule has 0 unspecified atom stereocenters. The van der Waals surface area contributed by atoms with Crippen molar-refractivity contribution in [1.82, 2.24) is 0 Å². The zero-order valence-corrected chi connectivity index (χ0v) is 11.3. The minimum Gasteiger partial charge on any atom is -0.495 e. The van der Waals surface area contributed by atoms with Crippen LogP contribution < -0.4 is 9.47 Å². The molecule has 0 bridgehead atoms. The number of benzene rings is 2. The van der Waals surface area contributed by atoms with Crippen LogP contribution in [0.1, 0.15) is 21.5 Å². The van der Waals surface area contributed by atoms with Crippen LogP contribution in [-0.2, 0) is 6.61 Å². The largest absolute Gasteiger partial charge is 0.495 e. The van der Waals surface area contributed by atoms with Crippen molar-refractivity contribution in [3.63, 3.8) is 0 Å². The van der Waals surface area contributed by atoms with E-state index in [4.69, 9.17) is 14.7 Å². The maximum Gasteiger partial charge on any atom is 0.153 e. The Labute approximate surface area is 121 Å². The highest BCUT2D eigenvalue weighted by Crippen LogP contribution is 2.22. The van der Waals surface area contributed by atoms with Crippen molar-refractivity contribution in [2.75, 3.05) is 7.11 Å². The molecule has 0 aliphatic carbocycles. The average molecular weight is 285 g/mol. The van der Waals surface area contributed by atoms with Crippen LogP contribution >= 0.6 is 0 Å². The van der Waals surface area contributed by atoms with Crippen LogP contribution in [0.15, 0.2) is 36.4 Å². The van der Waals surface area contributed by atoms with Crippen LogP contribution in [0, 0.1) is 17.1 Å². The van der Waals surface area contributed by atoms with Crippen molar-refractivity contribution in [3.8, 4) is 17.6 Å². The summed E-state index contributed by atoms with van der Waals surface area (Å²) >= 11 is 0. The van der Waals surface area contributed by atoms with Gasteiger partial charge in [0, 0.05) is 0 Å². The molecule has 106 valence electrons. The second kappa shape index (κ2) is 6.53. The van der Waals surface area contributed by atoms with Gasteiger partial charge in [-0.2, -0.15) is 5.26 Å². The molecule has 4 nitrogen and oxygen atoms in total. The van der Waals surface area contributed by atoms with Gasteiger partial charge in [0.15, 0.2) is 6.29 Å². The number of hydrogen-bond donors (Lipinski definition) is 0. The third kappa shape index (κ3) is 3.37. The number of aldehydes is 1. The smallest absolute Gasteiger partial charge is 0.153 e. The molecule has 0 aliphatic rings. The lowest BCUT2D eigenvalue weighted by Gasteiger charge is -2.10. The molecule has 0 saturated heterocycles. The number of carbonyl (C=O) groups excluding carboxylic acids is 1. The number of methoxy groups -OCH3 is 1. The molecule has 0 heterocycles. The van der Waals surface area contributed by atoms with Crippen molar-refractivity contribution < 1.29 is 18.7 Å². The van der Waals surface area contributed by atoms with Crippen LogP contribution in [0.3, 0.4) is 0 Å². The number of nitriles is 1. The molecule has 2 rings (SSSR count). The van der Waals surface area contributed by atoms with Crippen molar-refractivity contribution in [1.29, 1.82) is 5.26 Å². The van der Waals surface area contributed by atoms with Crippen molar-refractivity contribution in [3.05, 3.63) is 58.9 Å². The van der Waals surface area contributed by atoms with E-state index in [1.54, 1.807) is 18.2 Å². The molecule has 21 heavy (non-hydrogen) atoms. The van der Waals surface area contributed by atoms with Gasteiger partial charge in [-0.15, -0.1) is 0 Å². The van der Waals surface area contributed by atoms with E-state index in [-0.39, 0.29) is 12.2 Å². The zero-order valence-electron chi connectivity index (χ0n) is 11.3. The summed E-state index contributed by atoms with van der Waals surface area (Å²) in [5.74, 6) is 0.257. The highest BCUT2D eigenvalue weighted by molar-refractivity contribution is 5.79. The Hall–Kier alpha value is -2.87. The van der Waals surface area contributed by atoms with Crippen molar-refractivity contribution in [2.45, 2.75) is 6.61 Å². The molecular formula is C16H12FNO3. The molecule has 2 aromatic carbocycles. The first kappa shape index (κ1) is 14.5. The minimum absolute atomic E-state index is 0.149. The molecule has 0 radical (unpaired) electrons. The Bertz CT molecular complexity index is 707. The van der Waals surface area contributed by atoms with Crippen molar-refractivity contribution >= 4 is 6.29 Å². The lowest BCUT2D eigenvalue weighted by molar-refractivity contribution is 0.111. The quantitative estimate of drug-likeness (QED) is 0.792. The molecule has 2 aromatic rings. The predicted molar refractivity (Wildman–Crippen MR) is 73.8 cm³/mol. The molecule has 0 N–H and O–H groups in total. The average Bonchev–Trinajstić information content (AvgIpc) is 2.53. The zero-order chi connectivity index (χ0) is 15.2. The lowest BCUT2D eigenvalue weighted by atomic mass is 10.1. The molecule has 0 atom stereocenters. The topological polar surface area (TPSA) is 59.3 Å². The first-order chi connectivity index (χ1) is 10.2. The van der Waals surface area contributed by atoms with E-state index in [2.05, 4.69) is 0 Å². The SMILES string of the molecule is COc1cc(COc2ccc(F)cc2C=O)ccc1C#N. The normalized spacial score (nSPS) is 9.76.